The minimum Gasteiger partial charge on any atom is -0.497 e. The highest BCUT2D eigenvalue weighted by atomic mass is 16.5. The smallest absolute Gasteiger partial charge is 0.335 e. The van der Waals surface area contributed by atoms with Crippen LogP contribution >= 0.6 is 0 Å². The average Bonchev–Trinajstić information content (AvgIpc) is 3.52. The van der Waals surface area contributed by atoms with E-state index in [1.165, 1.54) is 27.6 Å². The second kappa shape index (κ2) is 9.36. The molecular weight excluding hydrogens is 460 g/mol. The lowest BCUT2D eigenvalue weighted by molar-refractivity contribution is 0.0696. The van der Waals surface area contributed by atoms with Crippen molar-refractivity contribution in [2.75, 3.05) is 7.11 Å². The second-order valence-electron chi connectivity index (χ2n) is 9.29. The molecule has 6 aromatic rings. The fourth-order valence-corrected chi connectivity index (χ4v) is 4.96. The van der Waals surface area contributed by atoms with Gasteiger partial charge in [0.05, 0.1) is 12.7 Å². The highest BCUT2D eigenvalue weighted by Crippen LogP contribution is 2.29. The Kier molecular flexibility index (Phi) is 5.73. The molecule has 182 valence electrons. The molecule has 37 heavy (non-hydrogen) atoms. The molecule has 0 atom stereocenters. The summed E-state index contributed by atoms with van der Waals surface area (Å²) in [6.45, 7) is 1.43. The Labute approximate surface area is 214 Å². The van der Waals surface area contributed by atoms with E-state index in [0.29, 0.717) is 12.1 Å². The molecule has 2 aromatic heterocycles. The Balaban J connectivity index is 1.25. The van der Waals surface area contributed by atoms with Gasteiger partial charge < -0.3 is 19.0 Å². The lowest BCUT2D eigenvalue weighted by Gasteiger charge is -2.09. The van der Waals surface area contributed by atoms with E-state index in [1.54, 1.807) is 25.3 Å². The van der Waals surface area contributed by atoms with Crippen LogP contribution in [0.2, 0.25) is 0 Å². The standard InChI is InChI=1S/C32H26N2O3/c1-37-29-9-5-22(6-10-29)20-33-15-13-26-18-24(7-11-30(26)33)25-8-12-31-27(19-25)14-16-34(31)21-23-3-2-4-28(17-23)32(35)36/h2-19H,20-21H2,1H3,(H,35,36). The van der Waals surface area contributed by atoms with Gasteiger partial charge in [-0.2, -0.15) is 0 Å². The van der Waals surface area contributed by atoms with Gasteiger partial charge in [0.1, 0.15) is 5.75 Å². The van der Waals surface area contributed by atoms with Crippen LogP contribution in [0.5, 0.6) is 5.75 Å². The van der Waals surface area contributed by atoms with Crippen molar-refractivity contribution in [1.29, 1.82) is 0 Å². The summed E-state index contributed by atoms with van der Waals surface area (Å²) in [5, 5.41) is 11.7. The van der Waals surface area contributed by atoms with Gasteiger partial charge in [-0.3, -0.25) is 0 Å². The number of carboxylic acid groups (broad SMARTS) is 1. The van der Waals surface area contributed by atoms with Crippen LogP contribution in [0.3, 0.4) is 0 Å². The van der Waals surface area contributed by atoms with Gasteiger partial charge in [0.2, 0.25) is 0 Å². The normalized spacial score (nSPS) is 11.3. The SMILES string of the molecule is COc1ccc(Cn2ccc3cc(-c4ccc5c(ccn5Cc5cccc(C(=O)O)c5)c4)ccc32)cc1. The van der Waals surface area contributed by atoms with E-state index >= 15 is 0 Å². The van der Waals surface area contributed by atoms with Crippen LogP contribution in [-0.4, -0.2) is 27.3 Å². The van der Waals surface area contributed by atoms with Gasteiger partial charge in [-0.1, -0.05) is 36.4 Å². The lowest BCUT2D eigenvalue weighted by Crippen LogP contribution is -2.01. The Morgan fingerprint density at radius 1 is 0.703 bits per heavy atom. The first kappa shape index (κ1) is 22.7. The van der Waals surface area contributed by atoms with Crippen molar-refractivity contribution >= 4 is 27.8 Å². The lowest BCUT2D eigenvalue weighted by atomic mass is 10.0. The number of carboxylic acids is 1. The topological polar surface area (TPSA) is 56.4 Å². The number of rotatable bonds is 7. The van der Waals surface area contributed by atoms with Crippen molar-refractivity contribution in [1.82, 2.24) is 9.13 Å². The number of benzene rings is 4. The van der Waals surface area contributed by atoms with Crippen molar-refractivity contribution in [3.63, 3.8) is 0 Å². The summed E-state index contributed by atoms with van der Waals surface area (Å²) in [5.41, 5.74) is 7.18. The van der Waals surface area contributed by atoms with E-state index in [2.05, 4.69) is 82.2 Å². The van der Waals surface area contributed by atoms with Gasteiger partial charge in [-0.25, -0.2) is 4.79 Å². The van der Waals surface area contributed by atoms with Crippen molar-refractivity contribution in [2.24, 2.45) is 0 Å². The summed E-state index contributed by atoms with van der Waals surface area (Å²) < 4.78 is 9.69. The summed E-state index contributed by atoms with van der Waals surface area (Å²) in [6.07, 6.45) is 4.20. The molecule has 0 unspecified atom stereocenters. The predicted molar refractivity (Wildman–Crippen MR) is 147 cm³/mol. The fourth-order valence-electron chi connectivity index (χ4n) is 4.96. The molecule has 0 saturated carbocycles. The number of nitrogens with zero attached hydrogens (tertiary/aromatic N) is 2. The van der Waals surface area contributed by atoms with E-state index < -0.39 is 5.97 Å². The Hall–Kier alpha value is -4.77. The predicted octanol–water partition coefficient (Wildman–Crippen LogP) is 7.07. The molecule has 0 saturated heterocycles. The van der Waals surface area contributed by atoms with Crippen molar-refractivity contribution in [3.8, 4) is 16.9 Å². The Morgan fingerprint density at radius 3 is 1.86 bits per heavy atom. The van der Waals surface area contributed by atoms with Crippen LogP contribution in [-0.2, 0) is 13.1 Å². The largest absolute Gasteiger partial charge is 0.497 e. The van der Waals surface area contributed by atoms with Crippen molar-refractivity contribution in [3.05, 3.63) is 126 Å². The van der Waals surface area contributed by atoms with E-state index in [4.69, 9.17) is 4.74 Å². The maximum Gasteiger partial charge on any atom is 0.335 e. The fraction of sp³-hybridized carbons (Fsp3) is 0.0938. The minimum atomic E-state index is -0.906. The van der Waals surface area contributed by atoms with Gasteiger partial charge in [0.25, 0.3) is 0 Å². The van der Waals surface area contributed by atoms with Gasteiger partial charge in [0, 0.05) is 47.3 Å². The number of hydrogen-bond donors (Lipinski definition) is 1. The Bertz CT molecular complexity index is 1740. The molecule has 0 spiro atoms. The maximum atomic E-state index is 11.3. The van der Waals surface area contributed by atoms with Crippen molar-refractivity contribution in [2.45, 2.75) is 13.1 Å². The van der Waals surface area contributed by atoms with E-state index in [1.807, 2.05) is 18.2 Å². The summed E-state index contributed by atoms with van der Waals surface area (Å²) in [4.78, 5) is 11.3. The molecular formula is C32H26N2O3. The minimum absolute atomic E-state index is 0.310. The first-order valence-corrected chi connectivity index (χ1v) is 12.2. The van der Waals surface area contributed by atoms with Crippen LogP contribution in [0, 0.1) is 0 Å². The van der Waals surface area contributed by atoms with Crippen LogP contribution < -0.4 is 4.74 Å². The third-order valence-electron chi connectivity index (χ3n) is 6.91. The molecule has 6 rings (SSSR count). The molecule has 4 aromatic carbocycles. The molecule has 5 nitrogen and oxygen atoms in total. The zero-order valence-corrected chi connectivity index (χ0v) is 20.5. The molecule has 0 aliphatic heterocycles. The van der Waals surface area contributed by atoms with Gasteiger partial charge >= 0.3 is 5.97 Å². The van der Waals surface area contributed by atoms with Crippen LogP contribution in [0.25, 0.3) is 32.9 Å². The number of aromatic carboxylic acids is 1. The first-order chi connectivity index (χ1) is 18.1. The maximum absolute atomic E-state index is 11.3. The molecule has 0 fully saturated rings. The number of carbonyl (C=O) groups is 1. The van der Waals surface area contributed by atoms with Gasteiger partial charge in [-0.15, -0.1) is 0 Å². The third-order valence-corrected chi connectivity index (χ3v) is 6.91. The number of methoxy groups -OCH3 is 1. The summed E-state index contributed by atoms with van der Waals surface area (Å²) in [5.74, 6) is -0.0395. The van der Waals surface area contributed by atoms with E-state index in [9.17, 15) is 9.90 Å². The summed E-state index contributed by atoms with van der Waals surface area (Å²) >= 11 is 0. The molecule has 0 radical (unpaired) electrons. The van der Waals surface area contributed by atoms with E-state index in [-0.39, 0.29) is 0 Å². The number of hydrogen-bond acceptors (Lipinski definition) is 2. The zero-order valence-electron chi connectivity index (χ0n) is 20.5. The molecule has 5 heteroatoms. The third kappa shape index (κ3) is 4.47. The molecule has 1 N–H and O–H groups in total. The number of fused-ring (bicyclic) bond motifs is 2. The highest BCUT2D eigenvalue weighted by molar-refractivity contribution is 5.90. The van der Waals surface area contributed by atoms with Gasteiger partial charge in [-0.05, 0) is 82.9 Å². The second-order valence-corrected chi connectivity index (χ2v) is 9.29. The molecule has 0 bridgehead atoms. The van der Waals surface area contributed by atoms with E-state index in [0.717, 1.165) is 28.8 Å². The zero-order chi connectivity index (χ0) is 25.4. The number of aromatic nitrogens is 2. The molecule has 0 amide bonds. The summed E-state index contributed by atoms with van der Waals surface area (Å²) in [6, 6.07) is 32.7. The monoisotopic (exact) mass is 486 g/mol. The first-order valence-electron chi connectivity index (χ1n) is 12.2. The quantitative estimate of drug-likeness (QED) is 0.263. The molecule has 2 heterocycles. The van der Waals surface area contributed by atoms with Gasteiger partial charge in [0.15, 0.2) is 0 Å². The van der Waals surface area contributed by atoms with Crippen molar-refractivity contribution < 1.29 is 14.6 Å². The summed E-state index contributed by atoms with van der Waals surface area (Å²) in [7, 11) is 1.68. The Morgan fingerprint density at radius 2 is 1.30 bits per heavy atom. The van der Waals surface area contributed by atoms with Crippen LogP contribution in [0.15, 0.2) is 109 Å². The molecule has 0 aliphatic rings. The van der Waals surface area contributed by atoms with Crippen LogP contribution in [0.4, 0.5) is 0 Å². The number of ether oxygens (including phenoxy) is 1. The van der Waals surface area contributed by atoms with Crippen LogP contribution in [0.1, 0.15) is 21.5 Å². The highest BCUT2D eigenvalue weighted by Gasteiger charge is 2.09. The average molecular weight is 487 g/mol. The molecule has 0 aliphatic carbocycles.